The Kier molecular flexibility index (Phi) is 4.76. The van der Waals surface area contributed by atoms with Crippen molar-refractivity contribution in [3.05, 3.63) is 29.8 Å². The van der Waals surface area contributed by atoms with E-state index in [2.05, 4.69) is 18.7 Å². The SMILES string of the molecule is CCC(C)N1CC2N(Cc3ccc(O)cc3)CCC(=O)N2CC1=O. The Morgan fingerprint density at radius 3 is 2.58 bits per heavy atom. The minimum Gasteiger partial charge on any atom is -0.508 e. The van der Waals surface area contributed by atoms with Crippen molar-refractivity contribution in [1.82, 2.24) is 14.7 Å². The highest BCUT2D eigenvalue weighted by Crippen LogP contribution is 2.25. The molecule has 2 aliphatic heterocycles. The van der Waals surface area contributed by atoms with Crippen LogP contribution in [0.4, 0.5) is 0 Å². The molecule has 2 atom stereocenters. The van der Waals surface area contributed by atoms with Crippen LogP contribution in [0.25, 0.3) is 0 Å². The number of amides is 2. The van der Waals surface area contributed by atoms with Crippen LogP contribution in [0.15, 0.2) is 24.3 Å². The lowest BCUT2D eigenvalue weighted by molar-refractivity contribution is -0.164. The first-order valence-corrected chi connectivity index (χ1v) is 8.60. The summed E-state index contributed by atoms with van der Waals surface area (Å²) in [5, 5.41) is 9.43. The van der Waals surface area contributed by atoms with Crippen molar-refractivity contribution in [2.75, 3.05) is 19.6 Å². The molecule has 2 heterocycles. The molecule has 1 N–H and O–H groups in total. The van der Waals surface area contributed by atoms with Gasteiger partial charge in [0.05, 0.1) is 6.54 Å². The minimum atomic E-state index is -0.0632. The molecule has 1 aromatic rings. The van der Waals surface area contributed by atoms with E-state index >= 15 is 0 Å². The maximum absolute atomic E-state index is 12.4. The van der Waals surface area contributed by atoms with Gasteiger partial charge in [0, 0.05) is 25.6 Å². The molecule has 2 unspecified atom stereocenters. The van der Waals surface area contributed by atoms with Gasteiger partial charge in [0.1, 0.15) is 18.5 Å². The van der Waals surface area contributed by atoms with Gasteiger partial charge in [-0.05, 0) is 31.0 Å². The Balaban J connectivity index is 1.78. The van der Waals surface area contributed by atoms with Gasteiger partial charge >= 0.3 is 0 Å². The quantitative estimate of drug-likeness (QED) is 0.906. The van der Waals surface area contributed by atoms with E-state index in [0.29, 0.717) is 26.1 Å². The third kappa shape index (κ3) is 3.24. The van der Waals surface area contributed by atoms with Gasteiger partial charge in [-0.3, -0.25) is 14.5 Å². The first-order chi connectivity index (χ1) is 11.5. The second-order valence-electron chi connectivity index (χ2n) is 6.69. The molecule has 130 valence electrons. The van der Waals surface area contributed by atoms with Gasteiger partial charge in [-0.1, -0.05) is 19.1 Å². The number of piperazine rings is 1. The highest BCUT2D eigenvalue weighted by molar-refractivity contribution is 5.87. The molecule has 0 bridgehead atoms. The fourth-order valence-corrected chi connectivity index (χ4v) is 3.48. The van der Waals surface area contributed by atoms with E-state index in [4.69, 9.17) is 0 Å². The second-order valence-corrected chi connectivity index (χ2v) is 6.69. The monoisotopic (exact) mass is 331 g/mol. The molecule has 0 spiro atoms. The number of carbonyl (C=O) groups is 2. The molecule has 1 aromatic carbocycles. The van der Waals surface area contributed by atoms with Gasteiger partial charge in [-0.15, -0.1) is 0 Å². The van der Waals surface area contributed by atoms with Crippen molar-refractivity contribution in [2.24, 2.45) is 0 Å². The van der Waals surface area contributed by atoms with Gasteiger partial charge in [0.2, 0.25) is 11.8 Å². The number of phenolic OH excluding ortho intramolecular Hbond substituents is 1. The van der Waals surface area contributed by atoms with E-state index in [1.54, 1.807) is 17.0 Å². The molecule has 24 heavy (non-hydrogen) atoms. The first-order valence-electron chi connectivity index (χ1n) is 8.60. The van der Waals surface area contributed by atoms with Crippen molar-refractivity contribution < 1.29 is 14.7 Å². The normalized spacial score (nSPS) is 23.3. The highest BCUT2D eigenvalue weighted by Gasteiger charge is 2.41. The van der Waals surface area contributed by atoms with Crippen LogP contribution in [-0.4, -0.2) is 63.5 Å². The van der Waals surface area contributed by atoms with Crippen molar-refractivity contribution >= 4 is 11.8 Å². The van der Waals surface area contributed by atoms with Crippen LogP contribution >= 0.6 is 0 Å². The van der Waals surface area contributed by atoms with Crippen LogP contribution in [0.2, 0.25) is 0 Å². The number of phenols is 1. The first kappa shape index (κ1) is 16.8. The van der Waals surface area contributed by atoms with Gasteiger partial charge in [-0.25, -0.2) is 0 Å². The molecule has 6 nitrogen and oxygen atoms in total. The lowest BCUT2D eigenvalue weighted by Crippen LogP contribution is -2.67. The van der Waals surface area contributed by atoms with E-state index in [1.165, 1.54) is 0 Å². The molecule has 2 amide bonds. The predicted molar refractivity (Wildman–Crippen MR) is 90.1 cm³/mol. The molecular weight excluding hydrogens is 306 g/mol. The lowest BCUT2D eigenvalue weighted by atomic mass is 10.1. The van der Waals surface area contributed by atoms with Crippen LogP contribution in [-0.2, 0) is 16.1 Å². The van der Waals surface area contributed by atoms with E-state index < -0.39 is 0 Å². The number of rotatable bonds is 4. The van der Waals surface area contributed by atoms with Crippen LogP contribution < -0.4 is 0 Å². The van der Waals surface area contributed by atoms with E-state index in [-0.39, 0.29) is 36.3 Å². The summed E-state index contributed by atoms with van der Waals surface area (Å²) < 4.78 is 0. The summed E-state index contributed by atoms with van der Waals surface area (Å²) >= 11 is 0. The molecule has 6 heteroatoms. The third-order valence-electron chi connectivity index (χ3n) is 5.15. The Labute approximate surface area is 142 Å². The molecule has 3 rings (SSSR count). The number of nitrogens with zero attached hydrogens (tertiary/aromatic N) is 3. The molecule has 2 fully saturated rings. The zero-order valence-corrected chi connectivity index (χ0v) is 14.3. The number of hydrogen-bond donors (Lipinski definition) is 1. The van der Waals surface area contributed by atoms with Gasteiger partial charge in [-0.2, -0.15) is 0 Å². The molecule has 2 aliphatic rings. The summed E-state index contributed by atoms with van der Waals surface area (Å²) in [6, 6.07) is 7.34. The molecular formula is C18H25N3O3. The molecule has 0 saturated carbocycles. The zero-order valence-electron chi connectivity index (χ0n) is 14.3. The standard InChI is InChI=1S/C18H25N3O3/c1-3-13(2)20-11-16-19(10-14-4-6-15(22)7-5-14)9-8-17(23)21(16)12-18(20)24/h4-7,13,16,22H,3,8-12H2,1-2H3. The predicted octanol–water partition coefficient (Wildman–Crippen LogP) is 1.39. The minimum absolute atomic E-state index is 0.0421. The summed E-state index contributed by atoms with van der Waals surface area (Å²) in [5.41, 5.74) is 1.09. The third-order valence-corrected chi connectivity index (χ3v) is 5.15. The number of fused-ring (bicyclic) bond motifs is 1. The van der Waals surface area contributed by atoms with Crippen LogP contribution in [0, 0.1) is 0 Å². The Morgan fingerprint density at radius 1 is 1.21 bits per heavy atom. The smallest absolute Gasteiger partial charge is 0.242 e. The Morgan fingerprint density at radius 2 is 1.92 bits per heavy atom. The van der Waals surface area contributed by atoms with Gasteiger partial charge in [0.25, 0.3) is 0 Å². The zero-order chi connectivity index (χ0) is 17.3. The van der Waals surface area contributed by atoms with Crippen LogP contribution in [0.1, 0.15) is 32.3 Å². The summed E-state index contributed by atoms with van der Waals surface area (Å²) in [7, 11) is 0. The fourth-order valence-electron chi connectivity index (χ4n) is 3.48. The van der Waals surface area contributed by atoms with Gasteiger partial charge < -0.3 is 14.9 Å². The average Bonchev–Trinajstić information content (AvgIpc) is 2.58. The van der Waals surface area contributed by atoms with E-state index in [0.717, 1.165) is 12.0 Å². The summed E-state index contributed by atoms with van der Waals surface area (Å²) in [6.07, 6.45) is 1.29. The van der Waals surface area contributed by atoms with E-state index in [9.17, 15) is 14.7 Å². The van der Waals surface area contributed by atoms with Crippen molar-refractivity contribution in [3.63, 3.8) is 0 Å². The van der Waals surface area contributed by atoms with Gasteiger partial charge in [0.15, 0.2) is 0 Å². The summed E-state index contributed by atoms with van der Waals surface area (Å²) in [5.74, 6) is 0.361. The van der Waals surface area contributed by atoms with Crippen LogP contribution in [0.5, 0.6) is 5.75 Å². The topological polar surface area (TPSA) is 64.1 Å². The van der Waals surface area contributed by atoms with Crippen molar-refractivity contribution in [2.45, 2.75) is 45.4 Å². The highest BCUT2D eigenvalue weighted by atomic mass is 16.3. The molecule has 0 aromatic heterocycles. The maximum Gasteiger partial charge on any atom is 0.242 e. The number of benzene rings is 1. The van der Waals surface area contributed by atoms with Crippen molar-refractivity contribution in [3.8, 4) is 5.75 Å². The molecule has 0 radical (unpaired) electrons. The number of aromatic hydroxyl groups is 1. The fraction of sp³-hybridized carbons (Fsp3) is 0.556. The molecule has 2 saturated heterocycles. The Hall–Kier alpha value is -2.08. The maximum atomic E-state index is 12.4. The molecule has 0 aliphatic carbocycles. The number of hydrogen-bond acceptors (Lipinski definition) is 4. The van der Waals surface area contributed by atoms with Crippen LogP contribution in [0.3, 0.4) is 0 Å². The number of carbonyl (C=O) groups excluding carboxylic acids is 2. The van der Waals surface area contributed by atoms with E-state index in [1.807, 2.05) is 17.0 Å². The Bertz CT molecular complexity index is 616. The lowest BCUT2D eigenvalue weighted by Gasteiger charge is -2.50. The largest absolute Gasteiger partial charge is 0.508 e. The summed E-state index contributed by atoms with van der Waals surface area (Å²) in [6.45, 7) is 6.28. The summed E-state index contributed by atoms with van der Waals surface area (Å²) in [4.78, 5) is 30.5. The van der Waals surface area contributed by atoms with Crippen molar-refractivity contribution in [1.29, 1.82) is 0 Å². The average molecular weight is 331 g/mol. The second kappa shape index (κ2) is 6.81.